The lowest BCUT2D eigenvalue weighted by atomic mass is 9.81. The molecule has 2 atom stereocenters. The van der Waals surface area contributed by atoms with E-state index >= 15 is 0 Å². The van der Waals surface area contributed by atoms with Crippen molar-refractivity contribution in [3.05, 3.63) is 0 Å². The smallest absolute Gasteiger partial charge is 0.139 e. The molecule has 0 aromatic carbocycles. The van der Waals surface area contributed by atoms with Gasteiger partial charge in [-0.1, -0.05) is 6.42 Å². The van der Waals surface area contributed by atoms with Crippen molar-refractivity contribution in [1.82, 2.24) is 0 Å². The number of carbonyl (C=O) groups is 1. The maximum absolute atomic E-state index is 11.6. The highest BCUT2D eigenvalue weighted by Crippen LogP contribution is 2.77. The summed E-state index contributed by atoms with van der Waals surface area (Å²) in [6, 6.07) is 0. The summed E-state index contributed by atoms with van der Waals surface area (Å²) in [6.45, 7) is 0. The topological polar surface area (TPSA) is 17.1 Å². The molecule has 1 heteroatoms. The van der Waals surface area contributed by atoms with Crippen LogP contribution < -0.4 is 0 Å². The Hall–Kier alpha value is -0.330. The summed E-state index contributed by atoms with van der Waals surface area (Å²) in [5, 5.41) is 0. The molecule has 3 rings (SSSR count). The third-order valence-electron chi connectivity index (χ3n) is 4.38. The Bertz CT molecular complexity index is 233. The molecule has 3 aliphatic rings. The summed E-state index contributed by atoms with van der Waals surface area (Å²) in [7, 11) is 0. The summed E-state index contributed by atoms with van der Waals surface area (Å²) in [5.74, 6) is 0.612. The Labute approximate surface area is 67.2 Å². The predicted octanol–water partition coefficient (Wildman–Crippen LogP) is 2.30. The molecule has 3 fully saturated rings. The summed E-state index contributed by atoms with van der Waals surface area (Å²) < 4.78 is 0. The Morgan fingerprint density at radius 2 is 1.91 bits per heavy atom. The number of carbonyl (C=O) groups excluding carboxylic acids is 1. The van der Waals surface area contributed by atoms with Crippen LogP contribution in [0.25, 0.3) is 0 Å². The van der Waals surface area contributed by atoms with Crippen LogP contribution in [0.1, 0.15) is 44.9 Å². The van der Waals surface area contributed by atoms with Gasteiger partial charge in [0.1, 0.15) is 5.78 Å². The zero-order valence-corrected chi connectivity index (χ0v) is 6.86. The molecule has 3 aliphatic carbocycles. The largest absolute Gasteiger partial charge is 0.299 e. The van der Waals surface area contributed by atoms with Gasteiger partial charge in [-0.05, 0) is 37.5 Å². The number of hydrogen-bond acceptors (Lipinski definition) is 1. The molecule has 0 spiro atoms. The van der Waals surface area contributed by atoms with Crippen molar-refractivity contribution in [3.8, 4) is 0 Å². The number of ketones is 1. The first-order chi connectivity index (χ1) is 5.29. The van der Waals surface area contributed by atoms with Crippen LogP contribution in [0.5, 0.6) is 0 Å². The van der Waals surface area contributed by atoms with Crippen LogP contribution in [-0.2, 0) is 4.79 Å². The molecule has 0 saturated heterocycles. The SMILES string of the molecule is O=C1CCCC23CCCC12C3. The van der Waals surface area contributed by atoms with Crippen LogP contribution in [-0.4, -0.2) is 5.78 Å². The standard InChI is InChI=1S/C10H14O/c11-8-3-1-4-9-5-2-6-10(8,9)7-9/h1-7H2. The molecule has 0 heterocycles. The van der Waals surface area contributed by atoms with Crippen LogP contribution in [0.4, 0.5) is 0 Å². The van der Waals surface area contributed by atoms with Gasteiger partial charge in [-0.25, -0.2) is 0 Å². The lowest BCUT2D eigenvalue weighted by molar-refractivity contribution is -0.126. The van der Waals surface area contributed by atoms with Crippen molar-refractivity contribution >= 4 is 5.78 Å². The van der Waals surface area contributed by atoms with E-state index in [1.54, 1.807) is 0 Å². The Kier molecular flexibility index (Phi) is 0.875. The molecule has 2 unspecified atom stereocenters. The van der Waals surface area contributed by atoms with E-state index in [2.05, 4.69) is 0 Å². The molecule has 3 saturated carbocycles. The van der Waals surface area contributed by atoms with Crippen LogP contribution in [0.3, 0.4) is 0 Å². The Morgan fingerprint density at radius 1 is 1.09 bits per heavy atom. The van der Waals surface area contributed by atoms with Gasteiger partial charge in [-0.15, -0.1) is 0 Å². The van der Waals surface area contributed by atoms with Crippen LogP contribution >= 0.6 is 0 Å². The second-order valence-corrected chi connectivity index (χ2v) is 4.67. The maximum Gasteiger partial charge on any atom is 0.139 e. The Balaban J connectivity index is 2.03. The highest BCUT2D eigenvalue weighted by molar-refractivity contribution is 5.90. The molecule has 0 radical (unpaired) electrons. The second-order valence-electron chi connectivity index (χ2n) is 4.67. The van der Waals surface area contributed by atoms with E-state index in [1.165, 1.54) is 38.5 Å². The second kappa shape index (κ2) is 1.55. The molecule has 1 nitrogen and oxygen atoms in total. The number of hydrogen-bond donors (Lipinski definition) is 0. The van der Waals surface area contributed by atoms with Crippen LogP contribution in [0.2, 0.25) is 0 Å². The molecule has 0 amide bonds. The van der Waals surface area contributed by atoms with Gasteiger partial charge in [-0.2, -0.15) is 0 Å². The first-order valence-electron chi connectivity index (χ1n) is 4.83. The average molecular weight is 150 g/mol. The van der Waals surface area contributed by atoms with Gasteiger partial charge < -0.3 is 0 Å². The lowest BCUT2D eigenvalue weighted by Crippen LogP contribution is -2.23. The third-order valence-corrected chi connectivity index (χ3v) is 4.38. The van der Waals surface area contributed by atoms with Crippen molar-refractivity contribution in [2.45, 2.75) is 44.9 Å². The molecular formula is C10H14O. The number of rotatable bonds is 0. The Morgan fingerprint density at radius 3 is 2.73 bits per heavy atom. The molecular weight excluding hydrogens is 136 g/mol. The predicted molar refractivity (Wildman–Crippen MR) is 42.2 cm³/mol. The summed E-state index contributed by atoms with van der Waals surface area (Å²) in [5.41, 5.74) is 0.813. The zero-order chi connectivity index (χ0) is 7.53. The van der Waals surface area contributed by atoms with E-state index in [-0.39, 0.29) is 5.41 Å². The first-order valence-corrected chi connectivity index (χ1v) is 4.83. The lowest BCUT2D eigenvalue weighted by Gasteiger charge is -2.22. The molecule has 0 aliphatic heterocycles. The van der Waals surface area contributed by atoms with Gasteiger partial charge in [0.15, 0.2) is 0 Å². The van der Waals surface area contributed by atoms with Gasteiger partial charge in [0.2, 0.25) is 0 Å². The zero-order valence-electron chi connectivity index (χ0n) is 6.86. The van der Waals surface area contributed by atoms with E-state index < -0.39 is 0 Å². The molecule has 60 valence electrons. The van der Waals surface area contributed by atoms with Crippen molar-refractivity contribution < 1.29 is 4.79 Å². The van der Waals surface area contributed by atoms with E-state index in [0.717, 1.165) is 6.42 Å². The van der Waals surface area contributed by atoms with Gasteiger partial charge in [0.05, 0.1) is 0 Å². The van der Waals surface area contributed by atoms with E-state index in [4.69, 9.17) is 0 Å². The van der Waals surface area contributed by atoms with Crippen molar-refractivity contribution in [2.75, 3.05) is 0 Å². The molecule has 0 N–H and O–H groups in total. The van der Waals surface area contributed by atoms with Gasteiger partial charge in [0.25, 0.3) is 0 Å². The van der Waals surface area contributed by atoms with E-state index in [1.807, 2.05) is 0 Å². The fraction of sp³-hybridized carbons (Fsp3) is 0.900. The molecule has 11 heavy (non-hydrogen) atoms. The fourth-order valence-corrected chi connectivity index (χ4v) is 3.76. The highest BCUT2D eigenvalue weighted by Gasteiger charge is 2.73. The van der Waals surface area contributed by atoms with E-state index in [0.29, 0.717) is 11.2 Å². The van der Waals surface area contributed by atoms with Crippen molar-refractivity contribution in [3.63, 3.8) is 0 Å². The highest BCUT2D eigenvalue weighted by atomic mass is 16.1. The minimum absolute atomic E-state index is 0.255. The summed E-state index contributed by atoms with van der Waals surface area (Å²) in [4.78, 5) is 11.6. The van der Waals surface area contributed by atoms with Gasteiger partial charge in [0, 0.05) is 11.8 Å². The maximum atomic E-state index is 11.6. The summed E-state index contributed by atoms with van der Waals surface area (Å²) in [6.07, 6.45) is 8.61. The minimum atomic E-state index is 0.255. The van der Waals surface area contributed by atoms with E-state index in [9.17, 15) is 4.79 Å². The average Bonchev–Trinajstić information content (AvgIpc) is 2.51. The van der Waals surface area contributed by atoms with Gasteiger partial charge >= 0.3 is 0 Å². The summed E-state index contributed by atoms with van der Waals surface area (Å²) >= 11 is 0. The minimum Gasteiger partial charge on any atom is -0.299 e. The molecule has 0 bridgehead atoms. The van der Waals surface area contributed by atoms with Gasteiger partial charge in [-0.3, -0.25) is 4.79 Å². The fourth-order valence-electron chi connectivity index (χ4n) is 3.76. The number of Topliss-reactive ketones (excluding diaryl/α,β-unsaturated/α-hetero) is 1. The normalized spacial score (nSPS) is 53.6. The van der Waals surface area contributed by atoms with Crippen molar-refractivity contribution in [1.29, 1.82) is 0 Å². The van der Waals surface area contributed by atoms with Crippen LogP contribution in [0, 0.1) is 10.8 Å². The molecule has 0 aromatic heterocycles. The molecule has 0 aromatic rings. The first kappa shape index (κ1) is 6.22. The van der Waals surface area contributed by atoms with Crippen molar-refractivity contribution in [2.24, 2.45) is 10.8 Å². The monoisotopic (exact) mass is 150 g/mol. The third kappa shape index (κ3) is 0.502. The van der Waals surface area contributed by atoms with Crippen LogP contribution in [0.15, 0.2) is 0 Å². The quantitative estimate of drug-likeness (QED) is 0.518.